The quantitative estimate of drug-likeness (QED) is 0.755. The van der Waals surface area contributed by atoms with Crippen LogP contribution in [-0.4, -0.2) is 17.6 Å². The van der Waals surface area contributed by atoms with Crippen LogP contribution in [0.2, 0.25) is 0 Å². The zero-order valence-corrected chi connectivity index (χ0v) is 9.57. The molecule has 0 fully saturated rings. The molecule has 80 valence electrons. The third kappa shape index (κ3) is 2.95. The number of aromatic nitrogens is 1. The summed E-state index contributed by atoms with van der Waals surface area (Å²) in [6.07, 6.45) is 4.21. The summed E-state index contributed by atoms with van der Waals surface area (Å²) in [5, 5.41) is 8.62. The molecule has 0 aliphatic carbocycles. The Balaban J connectivity index is 2.90. The van der Waals surface area contributed by atoms with Crippen molar-refractivity contribution in [2.24, 2.45) is 0 Å². The van der Waals surface area contributed by atoms with Crippen molar-refractivity contribution in [1.29, 1.82) is 5.26 Å². The number of nitrogens with zero attached hydrogens (tertiary/aromatic N) is 3. The van der Waals surface area contributed by atoms with Crippen LogP contribution < -0.4 is 4.90 Å². The molecule has 3 nitrogen and oxygen atoms in total. The van der Waals surface area contributed by atoms with E-state index in [1.165, 1.54) is 5.69 Å². The topological polar surface area (TPSA) is 39.9 Å². The smallest absolute Gasteiger partial charge is 0.0640 e. The molecule has 0 atom stereocenters. The fraction of sp³-hybridized carbons (Fsp3) is 0.500. The van der Waals surface area contributed by atoms with Crippen LogP contribution in [0.5, 0.6) is 0 Å². The second-order valence-corrected chi connectivity index (χ2v) is 3.86. The van der Waals surface area contributed by atoms with Gasteiger partial charge in [0.05, 0.1) is 12.5 Å². The molecule has 1 heterocycles. The molecular formula is C12H17N3. The van der Waals surface area contributed by atoms with Gasteiger partial charge in [0.15, 0.2) is 0 Å². The Kier molecular flexibility index (Phi) is 4.11. The van der Waals surface area contributed by atoms with Gasteiger partial charge < -0.3 is 4.90 Å². The van der Waals surface area contributed by atoms with Crippen LogP contribution in [0, 0.1) is 18.3 Å². The molecule has 15 heavy (non-hydrogen) atoms. The van der Waals surface area contributed by atoms with Gasteiger partial charge in [0, 0.05) is 30.7 Å². The van der Waals surface area contributed by atoms with E-state index >= 15 is 0 Å². The lowest BCUT2D eigenvalue weighted by molar-refractivity contribution is 0.684. The molecule has 0 unspecified atom stereocenters. The van der Waals surface area contributed by atoms with E-state index in [-0.39, 0.29) is 0 Å². The zero-order chi connectivity index (χ0) is 11.3. The number of pyridine rings is 1. The van der Waals surface area contributed by atoms with E-state index in [0.717, 1.165) is 12.1 Å². The molecular weight excluding hydrogens is 186 g/mol. The van der Waals surface area contributed by atoms with Gasteiger partial charge in [0.2, 0.25) is 0 Å². The molecule has 0 aliphatic rings. The number of hydrogen-bond donors (Lipinski definition) is 0. The van der Waals surface area contributed by atoms with Gasteiger partial charge in [-0.2, -0.15) is 5.26 Å². The largest absolute Gasteiger partial charge is 0.368 e. The third-order valence-electron chi connectivity index (χ3n) is 2.39. The standard InChI is InChI=1S/C12H17N3/c1-10(2)15(8-4-6-13)12-5-7-14-9-11(12)3/h5,7,9-10H,4,8H2,1-3H3. The number of nitriles is 1. The van der Waals surface area contributed by atoms with E-state index in [9.17, 15) is 0 Å². The van der Waals surface area contributed by atoms with Crippen LogP contribution >= 0.6 is 0 Å². The summed E-state index contributed by atoms with van der Waals surface area (Å²) in [5.41, 5.74) is 2.33. The predicted molar refractivity (Wildman–Crippen MR) is 61.7 cm³/mol. The maximum absolute atomic E-state index is 8.62. The van der Waals surface area contributed by atoms with Gasteiger partial charge in [0.25, 0.3) is 0 Å². The lowest BCUT2D eigenvalue weighted by Gasteiger charge is -2.29. The normalized spacial score (nSPS) is 10.1. The summed E-state index contributed by atoms with van der Waals surface area (Å²) in [7, 11) is 0. The molecule has 0 saturated carbocycles. The van der Waals surface area contributed by atoms with E-state index in [0.29, 0.717) is 12.5 Å². The van der Waals surface area contributed by atoms with Gasteiger partial charge in [-0.15, -0.1) is 0 Å². The minimum absolute atomic E-state index is 0.402. The van der Waals surface area contributed by atoms with E-state index in [1.807, 2.05) is 19.2 Å². The first kappa shape index (κ1) is 11.5. The highest BCUT2D eigenvalue weighted by Gasteiger charge is 2.11. The fourth-order valence-corrected chi connectivity index (χ4v) is 1.62. The minimum Gasteiger partial charge on any atom is -0.368 e. The summed E-state index contributed by atoms with van der Waals surface area (Å²) < 4.78 is 0. The van der Waals surface area contributed by atoms with Crippen molar-refractivity contribution in [3.63, 3.8) is 0 Å². The first-order valence-electron chi connectivity index (χ1n) is 5.21. The summed E-state index contributed by atoms with van der Waals surface area (Å²) in [5.74, 6) is 0. The van der Waals surface area contributed by atoms with Crippen LogP contribution in [-0.2, 0) is 0 Å². The van der Waals surface area contributed by atoms with Crippen molar-refractivity contribution < 1.29 is 0 Å². The lowest BCUT2D eigenvalue weighted by Crippen LogP contribution is -2.32. The Bertz CT molecular complexity index is 352. The Labute approximate surface area is 91.4 Å². The van der Waals surface area contributed by atoms with Crippen molar-refractivity contribution in [2.45, 2.75) is 33.2 Å². The molecule has 0 N–H and O–H groups in total. The Hall–Kier alpha value is -1.56. The predicted octanol–water partition coefficient (Wildman–Crippen LogP) is 2.52. The molecule has 0 aliphatic heterocycles. The van der Waals surface area contributed by atoms with Crippen LogP contribution in [0.15, 0.2) is 18.5 Å². The second-order valence-electron chi connectivity index (χ2n) is 3.86. The molecule has 0 amide bonds. The Morgan fingerprint density at radius 3 is 2.80 bits per heavy atom. The Morgan fingerprint density at radius 2 is 2.27 bits per heavy atom. The van der Waals surface area contributed by atoms with Crippen LogP contribution in [0.3, 0.4) is 0 Å². The number of anilines is 1. The van der Waals surface area contributed by atoms with Crippen LogP contribution in [0.1, 0.15) is 25.8 Å². The van der Waals surface area contributed by atoms with Gasteiger partial charge in [-0.25, -0.2) is 0 Å². The van der Waals surface area contributed by atoms with Crippen LogP contribution in [0.4, 0.5) is 5.69 Å². The highest BCUT2D eigenvalue weighted by atomic mass is 15.2. The molecule has 0 saturated heterocycles. The SMILES string of the molecule is Cc1cnccc1N(CCC#N)C(C)C. The second kappa shape index (κ2) is 5.35. The molecule has 1 rings (SSSR count). The number of rotatable bonds is 4. The Morgan fingerprint density at radius 1 is 1.53 bits per heavy atom. The van der Waals surface area contributed by atoms with Gasteiger partial charge in [0.1, 0.15) is 0 Å². The zero-order valence-electron chi connectivity index (χ0n) is 9.57. The summed E-state index contributed by atoms with van der Waals surface area (Å²) >= 11 is 0. The average molecular weight is 203 g/mol. The molecule has 0 aromatic carbocycles. The lowest BCUT2D eigenvalue weighted by atomic mass is 10.2. The maximum atomic E-state index is 8.62. The molecule has 0 radical (unpaired) electrons. The minimum atomic E-state index is 0.402. The van der Waals surface area contributed by atoms with Crippen molar-refractivity contribution in [3.05, 3.63) is 24.0 Å². The molecule has 1 aromatic rings. The van der Waals surface area contributed by atoms with Gasteiger partial charge in [-0.05, 0) is 32.4 Å². The molecule has 1 aromatic heterocycles. The summed E-state index contributed by atoms with van der Waals surface area (Å²) in [4.78, 5) is 6.31. The van der Waals surface area contributed by atoms with E-state index in [1.54, 1.807) is 6.20 Å². The average Bonchev–Trinajstić information content (AvgIpc) is 2.20. The van der Waals surface area contributed by atoms with Crippen molar-refractivity contribution in [2.75, 3.05) is 11.4 Å². The molecule has 3 heteroatoms. The third-order valence-corrected chi connectivity index (χ3v) is 2.39. The highest BCUT2D eigenvalue weighted by molar-refractivity contribution is 5.52. The van der Waals surface area contributed by atoms with E-state index < -0.39 is 0 Å². The molecule has 0 bridgehead atoms. The van der Waals surface area contributed by atoms with Gasteiger partial charge in [-0.1, -0.05) is 0 Å². The van der Waals surface area contributed by atoms with Crippen molar-refractivity contribution >= 4 is 5.69 Å². The molecule has 0 spiro atoms. The maximum Gasteiger partial charge on any atom is 0.0640 e. The van der Waals surface area contributed by atoms with Crippen molar-refractivity contribution in [3.8, 4) is 6.07 Å². The van der Waals surface area contributed by atoms with E-state index in [4.69, 9.17) is 5.26 Å². The van der Waals surface area contributed by atoms with Gasteiger partial charge >= 0.3 is 0 Å². The van der Waals surface area contributed by atoms with Crippen molar-refractivity contribution in [1.82, 2.24) is 4.98 Å². The first-order chi connectivity index (χ1) is 7.16. The first-order valence-corrected chi connectivity index (χ1v) is 5.21. The van der Waals surface area contributed by atoms with Crippen LogP contribution in [0.25, 0.3) is 0 Å². The monoisotopic (exact) mass is 203 g/mol. The highest BCUT2D eigenvalue weighted by Crippen LogP contribution is 2.20. The summed E-state index contributed by atoms with van der Waals surface area (Å²) in [6.45, 7) is 7.09. The summed E-state index contributed by atoms with van der Waals surface area (Å²) in [6, 6.07) is 4.59. The number of aryl methyl sites for hydroxylation is 1. The van der Waals surface area contributed by atoms with Gasteiger partial charge in [-0.3, -0.25) is 4.98 Å². The number of hydrogen-bond acceptors (Lipinski definition) is 3. The van der Waals surface area contributed by atoms with E-state index in [2.05, 4.69) is 29.8 Å². The fourth-order valence-electron chi connectivity index (χ4n) is 1.62.